The van der Waals surface area contributed by atoms with Gasteiger partial charge in [0.1, 0.15) is 0 Å². The Kier molecular flexibility index (Phi) is 22.0. The van der Waals surface area contributed by atoms with Crippen molar-refractivity contribution >= 4 is 24.9 Å². The van der Waals surface area contributed by atoms with Crippen LogP contribution in [0.2, 0.25) is 0 Å². The third kappa shape index (κ3) is 19.3. The molecule has 5 aromatic carbocycles. The summed E-state index contributed by atoms with van der Waals surface area (Å²) in [7, 11) is 0. The second kappa shape index (κ2) is 29.4. The lowest BCUT2D eigenvalue weighted by atomic mass is 10.0. The lowest BCUT2D eigenvalue weighted by molar-refractivity contribution is -0.00417. The highest BCUT2D eigenvalue weighted by molar-refractivity contribution is 5.87. The van der Waals surface area contributed by atoms with Crippen molar-refractivity contribution in [3.8, 4) is 0 Å². The van der Waals surface area contributed by atoms with Crippen LogP contribution < -0.4 is 0 Å². The van der Waals surface area contributed by atoms with Gasteiger partial charge in [0.05, 0.1) is 98.4 Å². The molecule has 4 heterocycles. The molecular weight excluding hydrogens is 837 g/mol. The van der Waals surface area contributed by atoms with Crippen LogP contribution in [0.15, 0.2) is 177 Å². The molecule has 9 rings (SSSR count). The van der Waals surface area contributed by atoms with Crippen molar-refractivity contribution in [2.24, 2.45) is 20.0 Å². The van der Waals surface area contributed by atoms with E-state index in [0.717, 1.165) is 61.2 Å². The number of rotatable bonds is 16. The molecule has 4 aliphatic rings. The van der Waals surface area contributed by atoms with Crippen LogP contribution in [0.4, 0.5) is 0 Å². The summed E-state index contributed by atoms with van der Waals surface area (Å²) in [6.07, 6.45) is 14.2. The largest absolute Gasteiger partial charge is 0.394 e. The van der Waals surface area contributed by atoms with Gasteiger partial charge < -0.3 is 28.8 Å². The fourth-order valence-corrected chi connectivity index (χ4v) is 6.96. The van der Waals surface area contributed by atoms with Gasteiger partial charge in [0.2, 0.25) is 0 Å². The summed E-state index contributed by atoms with van der Waals surface area (Å²) in [6.45, 7) is 12.7. The van der Waals surface area contributed by atoms with Gasteiger partial charge in [-0.1, -0.05) is 134 Å². The van der Waals surface area contributed by atoms with Gasteiger partial charge >= 0.3 is 0 Å². The molecule has 0 aromatic heterocycles. The standard InChI is InChI=1S/C57H64N4O6/c1-3-46(35-58-39-53-6-4-7-54(32-53)41-60-37-49-16-20-51(21-17-49)43-65-28-26-63-25-24-62)11-10-45(2)57-34-47-12-14-48(15-13-47)36-59-40-55-8-5-9-56(33-55)42-61-38-50-18-22-52(23-19-50)44-66-29-27-64-30-31-67-57/h3-23,32-33,39-42,57,62H,1,24-31,34-38,43-44H2,2H3/b45-10+,46-11+,58-39?,59-40?,60-41?,61-42?. The number of benzene rings is 5. The van der Waals surface area contributed by atoms with Gasteiger partial charge in [-0.3, -0.25) is 20.0 Å². The van der Waals surface area contributed by atoms with Crippen molar-refractivity contribution in [3.63, 3.8) is 0 Å². The minimum Gasteiger partial charge on any atom is -0.394 e. The van der Waals surface area contributed by atoms with Crippen LogP contribution in [0.3, 0.4) is 0 Å². The summed E-state index contributed by atoms with van der Waals surface area (Å²) >= 11 is 0. The normalized spacial score (nSPS) is 15.9. The van der Waals surface area contributed by atoms with E-state index < -0.39 is 0 Å². The Morgan fingerprint density at radius 3 is 1.99 bits per heavy atom. The summed E-state index contributed by atoms with van der Waals surface area (Å²) in [6, 6.07) is 41.7. The van der Waals surface area contributed by atoms with E-state index in [9.17, 15) is 0 Å². The van der Waals surface area contributed by atoms with Crippen molar-refractivity contribution in [2.75, 3.05) is 59.4 Å². The molecule has 1 atom stereocenters. The average molecular weight is 901 g/mol. The second-order valence-corrected chi connectivity index (χ2v) is 16.1. The van der Waals surface area contributed by atoms with Crippen LogP contribution in [0.25, 0.3) is 0 Å². The number of aliphatic hydroxyl groups excluding tert-OH is 1. The molecule has 10 nitrogen and oxygen atoms in total. The van der Waals surface area contributed by atoms with Crippen molar-refractivity contribution < 1.29 is 28.8 Å². The predicted octanol–water partition coefficient (Wildman–Crippen LogP) is 9.72. The van der Waals surface area contributed by atoms with E-state index in [1.54, 1.807) is 0 Å². The molecule has 4 aliphatic heterocycles. The van der Waals surface area contributed by atoms with Gasteiger partial charge in [-0.25, -0.2) is 0 Å². The Labute approximate surface area is 396 Å². The van der Waals surface area contributed by atoms with Gasteiger partial charge in [-0.2, -0.15) is 0 Å². The molecule has 0 saturated carbocycles. The molecule has 5 aromatic rings. The first-order valence-electron chi connectivity index (χ1n) is 23.0. The van der Waals surface area contributed by atoms with E-state index in [1.165, 1.54) is 5.56 Å². The summed E-state index contributed by atoms with van der Waals surface area (Å²) < 4.78 is 29.2. The minimum absolute atomic E-state index is 0.0210. The molecule has 0 saturated heterocycles. The van der Waals surface area contributed by atoms with E-state index in [4.69, 9.17) is 38.8 Å². The molecule has 0 amide bonds. The van der Waals surface area contributed by atoms with Crippen molar-refractivity contribution in [3.05, 3.63) is 213 Å². The van der Waals surface area contributed by atoms with E-state index in [1.807, 2.05) is 55.2 Å². The van der Waals surface area contributed by atoms with E-state index in [0.29, 0.717) is 92.1 Å². The van der Waals surface area contributed by atoms with E-state index >= 15 is 0 Å². The number of hydrogen-bond acceptors (Lipinski definition) is 10. The summed E-state index contributed by atoms with van der Waals surface area (Å²) in [5.41, 5.74) is 13.0. The zero-order valence-corrected chi connectivity index (χ0v) is 38.8. The average Bonchev–Trinajstić information content (AvgIpc) is 3.35. The molecule has 0 aliphatic carbocycles. The predicted molar refractivity (Wildman–Crippen MR) is 272 cm³/mol. The maximum absolute atomic E-state index is 8.79. The number of aliphatic imine (C=N–C) groups is 4. The molecule has 1 N–H and O–H groups in total. The highest BCUT2D eigenvalue weighted by atomic mass is 16.5. The Hall–Kier alpha value is -6.24. The van der Waals surface area contributed by atoms with Gasteiger partial charge in [0, 0.05) is 31.3 Å². The maximum atomic E-state index is 8.79. The number of nitrogens with zero attached hydrogens (tertiary/aromatic N) is 4. The Bertz CT molecular complexity index is 2420. The molecule has 10 heteroatoms. The third-order valence-electron chi connectivity index (χ3n) is 10.8. The van der Waals surface area contributed by atoms with Crippen LogP contribution in [-0.2, 0) is 63.0 Å². The molecule has 0 fully saturated rings. The lowest BCUT2D eigenvalue weighted by Gasteiger charge is -2.19. The first-order chi connectivity index (χ1) is 33.0. The topological polar surface area (TPSA) is 116 Å². The maximum Gasteiger partial charge on any atom is 0.0826 e. The van der Waals surface area contributed by atoms with Crippen molar-refractivity contribution in [2.45, 2.75) is 52.3 Å². The number of allylic oxidation sites excluding steroid dienone is 2. The summed E-state index contributed by atoms with van der Waals surface area (Å²) in [5.74, 6) is 0. The minimum atomic E-state index is -0.159. The van der Waals surface area contributed by atoms with Crippen LogP contribution in [-0.4, -0.2) is 95.5 Å². The molecule has 0 spiro atoms. The summed E-state index contributed by atoms with van der Waals surface area (Å²) in [5, 5.41) is 8.79. The van der Waals surface area contributed by atoms with Crippen molar-refractivity contribution in [1.82, 2.24) is 0 Å². The zero-order chi connectivity index (χ0) is 46.6. The number of aliphatic hydroxyl groups is 1. The smallest absolute Gasteiger partial charge is 0.0826 e. The lowest BCUT2D eigenvalue weighted by Crippen LogP contribution is -2.21. The van der Waals surface area contributed by atoms with Gasteiger partial charge in [0.25, 0.3) is 0 Å². The quantitative estimate of drug-likeness (QED) is 0.0600. The van der Waals surface area contributed by atoms with Gasteiger partial charge in [-0.05, 0) is 85.8 Å². The van der Waals surface area contributed by atoms with E-state index in [2.05, 4.69) is 133 Å². The zero-order valence-electron chi connectivity index (χ0n) is 38.8. The Morgan fingerprint density at radius 2 is 1.28 bits per heavy atom. The Morgan fingerprint density at radius 1 is 0.672 bits per heavy atom. The third-order valence-corrected chi connectivity index (χ3v) is 10.8. The molecular formula is C57H64N4O6. The number of ether oxygens (including phenoxy) is 5. The summed E-state index contributed by atoms with van der Waals surface area (Å²) in [4.78, 5) is 18.8. The highest BCUT2D eigenvalue weighted by Crippen LogP contribution is 2.17. The molecule has 0 radical (unpaired) electrons. The molecule has 348 valence electrons. The van der Waals surface area contributed by atoms with Crippen molar-refractivity contribution in [1.29, 1.82) is 0 Å². The molecule has 6 bridgehead atoms. The SMILES string of the molecule is C=C/C(=C\C=C(/C)C1Cc2ccc(cc2)CN=Cc2cccc(c2)C=NCc2ccc(cc2)COCCOCCO1)CN=Cc1cccc(C=NCc2ccc(COCCOCCO)cc2)c1. The number of hydrogen-bond donors (Lipinski definition) is 1. The van der Waals surface area contributed by atoms with Crippen LogP contribution in [0.1, 0.15) is 62.6 Å². The van der Waals surface area contributed by atoms with Crippen LogP contribution >= 0.6 is 0 Å². The van der Waals surface area contributed by atoms with Crippen LogP contribution in [0.5, 0.6) is 0 Å². The first kappa shape index (κ1) is 50.2. The fraction of sp³-hybridized carbons (Fsp3) is 0.298. The van der Waals surface area contributed by atoms with E-state index in [-0.39, 0.29) is 12.7 Å². The van der Waals surface area contributed by atoms with Gasteiger partial charge in [-0.15, -0.1) is 0 Å². The molecule has 67 heavy (non-hydrogen) atoms. The fourth-order valence-electron chi connectivity index (χ4n) is 6.96. The second-order valence-electron chi connectivity index (χ2n) is 16.1. The Balaban J connectivity index is 1.03. The van der Waals surface area contributed by atoms with Crippen LogP contribution in [0, 0.1) is 0 Å². The first-order valence-corrected chi connectivity index (χ1v) is 23.0. The monoisotopic (exact) mass is 900 g/mol. The van der Waals surface area contributed by atoms with Gasteiger partial charge in [0.15, 0.2) is 0 Å². The highest BCUT2D eigenvalue weighted by Gasteiger charge is 2.13. The molecule has 1 unspecified atom stereocenters.